The van der Waals surface area contributed by atoms with Crippen LogP contribution in [-0.4, -0.2) is 24.7 Å². The van der Waals surface area contributed by atoms with Crippen LogP contribution in [0.5, 0.6) is 0 Å². The van der Waals surface area contributed by atoms with E-state index in [0.29, 0.717) is 16.3 Å². The highest BCUT2D eigenvalue weighted by Gasteiger charge is 2.05. The lowest BCUT2D eigenvalue weighted by Crippen LogP contribution is -2.37. The monoisotopic (exact) mass is 348 g/mol. The minimum Gasteiger partial charge on any atom is -0.329 e. The molecule has 2 aromatic carbocycles. The molecule has 3 amide bonds. The molecule has 0 aliphatic rings. The Labute approximate surface area is 142 Å². The van der Waals surface area contributed by atoms with E-state index in [4.69, 9.17) is 11.6 Å². The van der Waals surface area contributed by atoms with Crippen molar-refractivity contribution >= 4 is 35.4 Å². The summed E-state index contributed by atoms with van der Waals surface area (Å²) in [6, 6.07) is 11.7. The van der Waals surface area contributed by atoms with Gasteiger partial charge in [0.15, 0.2) is 0 Å². The molecule has 0 spiro atoms. The average Bonchev–Trinajstić information content (AvgIpc) is 2.57. The van der Waals surface area contributed by atoms with Gasteiger partial charge in [-0.2, -0.15) is 5.10 Å². The molecule has 0 unspecified atom stereocenters. The van der Waals surface area contributed by atoms with E-state index in [0.717, 1.165) is 0 Å². The predicted molar refractivity (Wildman–Crippen MR) is 90.6 cm³/mol. The van der Waals surface area contributed by atoms with Crippen molar-refractivity contribution in [2.45, 2.75) is 0 Å². The second-order valence-corrected chi connectivity index (χ2v) is 5.04. The Kier molecular flexibility index (Phi) is 6.27. The molecule has 24 heavy (non-hydrogen) atoms. The SMILES string of the molecule is O=C(CNC(=O)Nc1ccc(F)cc1)N/N=C/c1ccccc1Cl. The molecule has 6 nitrogen and oxygen atoms in total. The molecular formula is C16H14ClFN4O2. The molecule has 0 saturated heterocycles. The van der Waals surface area contributed by atoms with E-state index < -0.39 is 17.8 Å². The molecule has 0 aromatic heterocycles. The van der Waals surface area contributed by atoms with Crippen LogP contribution in [0.4, 0.5) is 14.9 Å². The lowest BCUT2D eigenvalue weighted by molar-refractivity contribution is -0.120. The number of nitrogens with zero attached hydrogens (tertiary/aromatic N) is 1. The molecule has 0 bridgehead atoms. The molecular weight excluding hydrogens is 335 g/mol. The summed E-state index contributed by atoms with van der Waals surface area (Å²) in [6.07, 6.45) is 1.40. The highest BCUT2D eigenvalue weighted by molar-refractivity contribution is 6.33. The first-order valence-corrected chi connectivity index (χ1v) is 7.29. The van der Waals surface area contributed by atoms with E-state index in [-0.39, 0.29) is 6.54 Å². The van der Waals surface area contributed by atoms with Gasteiger partial charge in [0.1, 0.15) is 12.4 Å². The minimum atomic E-state index is -0.591. The normalized spacial score (nSPS) is 10.4. The van der Waals surface area contributed by atoms with Gasteiger partial charge in [-0.25, -0.2) is 14.6 Å². The van der Waals surface area contributed by atoms with Crippen molar-refractivity contribution in [2.24, 2.45) is 5.10 Å². The standard InChI is InChI=1S/C16H14ClFN4O2/c17-14-4-2-1-3-11(14)9-20-22-15(23)10-19-16(24)21-13-7-5-12(18)6-8-13/h1-9H,10H2,(H,22,23)(H2,19,21,24)/b20-9+. The van der Waals surface area contributed by atoms with Crippen LogP contribution >= 0.6 is 11.6 Å². The van der Waals surface area contributed by atoms with Crippen LogP contribution in [-0.2, 0) is 4.79 Å². The first kappa shape index (κ1) is 17.4. The molecule has 0 heterocycles. The largest absolute Gasteiger partial charge is 0.329 e. The van der Waals surface area contributed by atoms with Crippen LogP contribution in [0.15, 0.2) is 53.6 Å². The van der Waals surface area contributed by atoms with E-state index in [1.807, 2.05) is 0 Å². The number of amides is 3. The van der Waals surface area contributed by atoms with E-state index >= 15 is 0 Å². The fourth-order valence-corrected chi connectivity index (χ4v) is 1.85. The van der Waals surface area contributed by atoms with Crippen molar-refractivity contribution in [3.05, 3.63) is 64.9 Å². The van der Waals surface area contributed by atoms with Gasteiger partial charge in [0.2, 0.25) is 0 Å². The van der Waals surface area contributed by atoms with Crippen molar-refractivity contribution < 1.29 is 14.0 Å². The molecule has 8 heteroatoms. The Morgan fingerprint density at radius 3 is 2.54 bits per heavy atom. The maximum Gasteiger partial charge on any atom is 0.319 e. The fraction of sp³-hybridized carbons (Fsp3) is 0.0625. The number of urea groups is 1. The summed E-state index contributed by atoms with van der Waals surface area (Å²) in [5.41, 5.74) is 3.33. The molecule has 0 aliphatic carbocycles. The number of hydrogen-bond donors (Lipinski definition) is 3. The zero-order valence-corrected chi connectivity index (χ0v) is 13.2. The van der Waals surface area contributed by atoms with Crippen molar-refractivity contribution in [3.8, 4) is 0 Å². The molecule has 0 aliphatic heterocycles. The quantitative estimate of drug-likeness (QED) is 0.573. The van der Waals surface area contributed by atoms with Crippen molar-refractivity contribution in [1.29, 1.82) is 0 Å². The van der Waals surface area contributed by atoms with Gasteiger partial charge < -0.3 is 10.6 Å². The van der Waals surface area contributed by atoms with Crippen LogP contribution in [0.2, 0.25) is 5.02 Å². The van der Waals surface area contributed by atoms with Gasteiger partial charge in [0, 0.05) is 16.3 Å². The average molecular weight is 349 g/mol. The Morgan fingerprint density at radius 1 is 1.12 bits per heavy atom. The highest BCUT2D eigenvalue weighted by Crippen LogP contribution is 2.12. The summed E-state index contributed by atoms with van der Waals surface area (Å²) in [4.78, 5) is 23.2. The summed E-state index contributed by atoms with van der Waals surface area (Å²) in [7, 11) is 0. The van der Waals surface area contributed by atoms with Crippen LogP contribution in [0.3, 0.4) is 0 Å². The Hall–Kier alpha value is -2.93. The van der Waals surface area contributed by atoms with Gasteiger partial charge in [0.05, 0.1) is 6.21 Å². The Morgan fingerprint density at radius 2 is 1.83 bits per heavy atom. The molecule has 0 atom stereocenters. The summed E-state index contributed by atoms with van der Waals surface area (Å²) in [5.74, 6) is -0.913. The van der Waals surface area contributed by atoms with Crippen molar-refractivity contribution in [1.82, 2.24) is 10.7 Å². The molecule has 0 fully saturated rings. The van der Waals surface area contributed by atoms with Gasteiger partial charge in [-0.3, -0.25) is 4.79 Å². The molecule has 2 aromatic rings. The van der Waals surface area contributed by atoms with Gasteiger partial charge >= 0.3 is 6.03 Å². The number of carbonyl (C=O) groups is 2. The first-order chi connectivity index (χ1) is 11.5. The number of carbonyl (C=O) groups excluding carboxylic acids is 2. The maximum absolute atomic E-state index is 12.7. The number of benzene rings is 2. The van der Waals surface area contributed by atoms with Gasteiger partial charge in [-0.15, -0.1) is 0 Å². The molecule has 124 valence electrons. The number of rotatable bonds is 5. The second kappa shape index (κ2) is 8.64. The third kappa shape index (κ3) is 5.69. The summed E-state index contributed by atoms with van der Waals surface area (Å²) in [5, 5.41) is 9.07. The zero-order valence-electron chi connectivity index (χ0n) is 12.4. The Bertz CT molecular complexity index is 750. The molecule has 3 N–H and O–H groups in total. The van der Waals surface area contributed by atoms with E-state index in [1.165, 1.54) is 30.5 Å². The third-order valence-electron chi connectivity index (χ3n) is 2.81. The zero-order chi connectivity index (χ0) is 17.4. The number of hydrazone groups is 1. The van der Waals surface area contributed by atoms with E-state index in [2.05, 4.69) is 21.2 Å². The second-order valence-electron chi connectivity index (χ2n) is 4.63. The smallest absolute Gasteiger partial charge is 0.319 e. The van der Waals surface area contributed by atoms with Gasteiger partial charge in [0.25, 0.3) is 5.91 Å². The molecule has 0 saturated carbocycles. The Balaban J connectivity index is 1.73. The van der Waals surface area contributed by atoms with Crippen LogP contribution in [0, 0.1) is 5.82 Å². The third-order valence-corrected chi connectivity index (χ3v) is 3.15. The minimum absolute atomic E-state index is 0.271. The van der Waals surface area contributed by atoms with E-state index in [9.17, 15) is 14.0 Å². The van der Waals surface area contributed by atoms with Gasteiger partial charge in [-0.1, -0.05) is 29.8 Å². The summed E-state index contributed by atoms with van der Waals surface area (Å²) < 4.78 is 12.7. The van der Waals surface area contributed by atoms with Crippen molar-refractivity contribution in [3.63, 3.8) is 0 Å². The first-order valence-electron chi connectivity index (χ1n) is 6.91. The topological polar surface area (TPSA) is 82.6 Å². The summed E-state index contributed by atoms with van der Waals surface area (Å²) in [6.45, 7) is -0.271. The highest BCUT2D eigenvalue weighted by atomic mass is 35.5. The number of nitrogens with one attached hydrogen (secondary N) is 3. The van der Waals surface area contributed by atoms with Crippen molar-refractivity contribution in [2.75, 3.05) is 11.9 Å². The fourth-order valence-electron chi connectivity index (χ4n) is 1.66. The predicted octanol–water partition coefficient (Wildman–Crippen LogP) is 2.75. The molecule has 0 radical (unpaired) electrons. The van der Waals surface area contributed by atoms with Crippen LogP contribution in [0.1, 0.15) is 5.56 Å². The van der Waals surface area contributed by atoms with Crippen LogP contribution < -0.4 is 16.1 Å². The number of hydrogen-bond acceptors (Lipinski definition) is 3. The molecule has 2 rings (SSSR count). The number of anilines is 1. The lowest BCUT2D eigenvalue weighted by Gasteiger charge is -2.06. The number of halogens is 2. The van der Waals surface area contributed by atoms with Gasteiger partial charge in [-0.05, 0) is 30.3 Å². The lowest BCUT2D eigenvalue weighted by atomic mass is 10.2. The van der Waals surface area contributed by atoms with Crippen LogP contribution in [0.25, 0.3) is 0 Å². The van der Waals surface area contributed by atoms with E-state index in [1.54, 1.807) is 24.3 Å². The maximum atomic E-state index is 12.7. The summed E-state index contributed by atoms with van der Waals surface area (Å²) >= 11 is 5.94.